The maximum Gasteiger partial charge on any atom is 0.125 e. The summed E-state index contributed by atoms with van der Waals surface area (Å²) in [5.74, 6) is 0. The zero-order valence-electron chi connectivity index (χ0n) is 12.7. The first-order valence-electron chi connectivity index (χ1n) is 7.77. The van der Waals surface area contributed by atoms with Gasteiger partial charge in [0, 0.05) is 31.6 Å². The van der Waals surface area contributed by atoms with Gasteiger partial charge >= 0.3 is 0 Å². The van der Waals surface area contributed by atoms with Gasteiger partial charge in [-0.2, -0.15) is 0 Å². The topological polar surface area (TPSA) is 12.9 Å². The molecule has 0 amide bonds. The second-order valence-corrected chi connectivity index (χ2v) is 7.26. The van der Waals surface area contributed by atoms with Crippen LogP contribution in [0.3, 0.4) is 0 Å². The molecule has 0 atom stereocenters. The van der Waals surface area contributed by atoms with Gasteiger partial charge in [-0.25, -0.2) is 4.98 Å². The van der Waals surface area contributed by atoms with Crippen LogP contribution < -0.4 is 0 Å². The Labute approximate surface area is 148 Å². The van der Waals surface area contributed by atoms with Crippen molar-refractivity contribution >= 4 is 43.9 Å². The van der Waals surface area contributed by atoms with Crippen molar-refractivity contribution in [3.63, 3.8) is 0 Å². The van der Waals surface area contributed by atoms with Gasteiger partial charge in [0.1, 0.15) is 5.01 Å². The van der Waals surface area contributed by atoms with Crippen LogP contribution >= 0.6 is 22.9 Å². The van der Waals surface area contributed by atoms with Crippen LogP contribution in [0, 0.1) is 0 Å². The van der Waals surface area contributed by atoms with Crippen molar-refractivity contribution in [2.24, 2.45) is 0 Å². The third kappa shape index (κ3) is 2.04. The normalized spacial score (nSPS) is 11.5. The summed E-state index contributed by atoms with van der Waals surface area (Å²) in [6, 6.07) is 25.0. The molecule has 2 aliphatic rings. The van der Waals surface area contributed by atoms with Gasteiger partial charge in [0.15, 0.2) is 0 Å². The smallest absolute Gasteiger partial charge is 0.125 e. The van der Waals surface area contributed by atoms with E-state index < -0.39 is 0 Å². The van der Waals surface area contributed by atoms with E-state index in [9.17, 15) is 0 Å². The largest absolute Gasteiger partial charge is 0.237 e. The summed E-state index contributed by atoms with van der Waals surface area (Å²) in [7, 11) is 0. The number of halogens is 1. The molecule has 0 aromatic heterocycles. The summed E-state index contributed by atoms with van der Waals surface area (Å²) >= 11 is 8.04. The molecule has 3 aromatic carbocycles. The molecule has 0 unspecified atom stereocenters. The fraction of sp³-hybridized carbons (Fsp3) is 0. The average Bonchev–Trinajstić information content (AvgIpc) is 2.98. The van der Waals surface area contributed by atoms with Crippen molar-refractivity contribution < 1.29 is 0 Å². The lowest BCUT2D eigenvalue weighted by Crippen LogP contribution is -1.86. The predicted octanol–water partition coefficient (Wildman–Crippen LogP) is 6.87. The van der Waals surface area contributed by atoms with E-state index in [0.717, 1.165) is 15.5 Å². The zero-order valence-corrected chi connectivity index (χ0v) is 14.2. The summed E-state index contributed by atoms with van der Waals surface area (Å²) in [4.78, 5) is 4.86. The Kier molecular flexibility index (Phi) is 3.09. The number of hydrogen-bond donors (Lipinski definition) is 0. The molecule has 114 valence electrons. The van der Waals surface area contributed by atoms with Crippen molar-refractivity contribution in [3.05, 3.63) is 77.8 Å². The van der Waals surface area contributed by atoms with Crippen LogP contribution in [-0.4, -0.2) is 4.98 Å². The number of nitrogens with zero attached hydrogens (tertiary/aromatic N) is 1. The molecular formula is C21H12ClNS. The predicted molar refractivity (Wildman–Crippen MR) is 104 cm³/mol. The lowest BCUT2D eigenvalue weighted by molar-refractivity contribution is 1.52. The maximum absolute atomic E-state index is 6.31. The number of rotatable bonds is 1. The monoisotopic (exact) mass is 345 g/mol. The highest BCUT2D eigenvalue weighted by Gasteiger charge is 2.21. The Morgan fingerprint density at radius 1 is 0.750 bits per heavy atom. The Balaban J connectivity index is 2.06. The lowest BCUT2D eigenvalue weighted by atomic mass is 9.96. The van der Waals surface area contributed by atoms with E-state index in [1.807, 2.05) is 18.2 Å². The van der Waals surface area contributed by atoms with Gasteiger partial charge in [0.25, 0.3) is 0 Å². The number of fused-ring (bicyclic) bond motifs is 4. The summed E-state index contributed by atoms with van der Waals surface area (Å²) in [5.41, 5.74) is 4.68. The number of benzene rings is 3. The van der Waals surface area contributed by atoms with Crippen LogP contribution in [0.5, 0.6) is 0 Å². The van der Waals surface area contributed by atoms with E-state index in [1.165, 1.54) is 32.2 Å². The van der Waals surface area contributed by atoms with Gasteiger partial charge in [0.05, 0.1) is 5.52 Å². The Morgan fingerprint density at radius 3 is 2.42 bits per heavy atom. The minimum Gasteiger partial charge on any atom is -0.237 e. The summed E-state index contributed by atoms with van der Waals surface area (Å²) in [6.45, 7) is 0. The molecule has 0 spiro atoms. The molecule has 0 bridgehead atoms. The molecule has 1 nitrogen and oxygen atoms in total. The highest BCUT2D eigenvalue weighted by molar-refractivity contribution is 7.21. The summed E-state index contributed by atoms with van der Waals surface area (Å²) in [5, 5.41) is 4.22. The van der Waals surface area contributed by atoms with Crippen molar-refractivity contribution in [1.82, 2.24) is 4.98 Å². The fourth-order valence-electron chi connectivity index (χ4n) is 3.31. The number of para-hydroxylation sites is 1. The van der Waals surface area contributed by atoms with Crippen molar-refractivity contribution in [2.45, 2.75) is 0 Å². The first-order chi connectivity index (χ1) is 11.8. The minimum absolute atomic E-state index is 0.759. The molecule has 2 aliphatic heterocycles. The molecular weight excluding hydrogens is 334 g/mol. The molecule has 3 aromatic rings. The van der Waals surface area contributed by atoms with Crippen LogP contribution in [0.4, 0.5) is 0 Å². The minimum atomic E-state index is 0.759. The number of hydrogen-bond acceptors (Lipinski definition) is 2. The Hall–Kier alpha value is -2.42. The lowest BCUT2D eigenvalue weighted by Gasteiger charge is -2.13. The standard InChI is InChI=1S/C21H12ClNS/c22-14-10-11-18-16(12-14)19(13-6-2-1-3-7-13)20-15-8-4-5-9-17(15)23-21(20)24-18/h1-12H. The van der Waals surface area contributed by atoms with Gasteiger partial charge in [-0.05, 0) is 29.8 Å². The van der Waals surface area contributed by atoms with E-state index >= 15 is 0 Å². The average molecular weight is 346 g/mol. The van der Waals surface area contributed by atoms with Crippen LogP contribution in [0.1, 0.15) is 0 Å². The summed E-state index contributed by atoms with van der Waals surface area (Å²) in [6.07, 6.45) is 0. The van der Waals surface area contributed by atoms with Gasteiger partial charge in [0.2, 0.25) is 0 Å². The van der Waals surface area contributed by atoms with Crippen LogP contribution in [0.15, 0.2) is 72.8 Å². The molecule has 0 saturated heterocycles. The van der Waals surface area contributed by atoms with E-state index in [0.29, 0.717) is 0 Å². The maximum atomic E-state index is 6.31. The van der Waals surface area contributed by atoms with Gasteiger partial charge in [-0.15, -0.1) is 11.3 Å². The van der Waals surface area contributed by atoms with Crippen LogP contribution in [-0.2, 0) is 0 Å². The molecule has 5 rings (SSSR count). The summed E-state index contributed by atoms with van der Waals surface area (Å²) < 4.78 is 1.20. The number of aromatic nitrogens is 1. The molecule has 3 heteroatoms. The third-order valence-electron chi connectivity index (χ3n) is 4.34. The highest BCUT2D eigenvalue weighted by Crippen LogP contribution is 2.47. The van der Waals surface area contributed by atoms with Gasteiger partial charge < -0.3 is 0 Å². The first-order valence-corrected chi connectivity index (χ1v) is 8.96. The molecule has 0 saturated carbocycles. The molecule has 0 radical (unpaired) electrons. The van der Waals surface area contributed by atoms with E-state index in [1.54, 1.807) is 11.3 Å². The first kappa shape index (κ1) is 14.0. The second kappa shape index (κ2) is 5.30. The zero-order chi connectivity index (χ0) is 16.1. The SMILES string of the molecule is Clc1ccc2sc3nc4ccccc4c-3c(-c3ccccc3)c2c1. The van der Waals surface area contributed by atoms with Gasteiger partial charge in [-0.3, -0.25) is 0 Å². The second-order valence-electron chi connectivity index (χ2n) is 5.79. The van der Waals surface area contributed by atoms with Crippen LogP contribution in [0.2, 0.25) is 5.02 Å². The van der Waals surface area contributed by atoms with Crippen molar-refractivity contribution in [3.8, 4) is 21.7 Å². The Morgan fingerprint density at radius 2 is 1.54 bits per heavy atom. The fourth-order valence-corrected chi connectivity index (χ4v) is 4.55. The van der Waals surface area contributed by atoms with E-state index in [4.69, 9.17) is 16.6 Å². The molecule has 2 heterocycles. The van der Waals surface area contributed by atoms with E-state index in [2.05, 4.69) is 54.6 Å². The highest BCUT2D eigenvalue weighted by atomic mass is 35.5. The van der Waals surface area contributed by atoms with Crippen molar-refractivity contribution in [1.29, 1.82) is 0 Å². The molecule has 0 fully saturated rings. The van der Waals surface area contributed by atoms with Crippen LogP contribution in [0.25, 0.3) is 42.7 Å². The quantitative estimate of drug-likeness (QED) is 0.323. The van der Waals surface area contributed by atoms with Gasteiger partial charge in [-0.1, -0.05) is 60.1 Å². The molecule has 0 aliphatic carbocycles. The Bertz CT molecular complexity index is 1160. The van der Waals surface area contributed by atoms with E-state index in [-0.39, 0.29) is 0 Å². The molecule has 0 N–H and O–H groups in total. The van der Waals surface area contributed by atoms with Crippen molar-refractivity contribution in [2.75, 3.05) is 0 Å². The third-order valence-corrected chi connectivity index (χ3v) is 5.64. The molecule has 24 heavy (non-hydrogen) atoms.